The summed E-state index contributed by atoms with van der Waals surface area (Å²) >= 11 is 0. The largest absolute Gasteiger partial charge is 0.348 e. The molecule has 2 N–H and O–H groups in total. The second kappa shape index (κ2) is 9.54. The quantitative estimate of drug-likeness (QED) is 0.680. The van der Waals surface area contributed by atoms with E-state index in [1.54, 1.807) is 0 Å². The lowest BCUT2D eigenvalue weighted by atomic mass is 9.89. The lowest BCUT2D eigenvalue weighted by Crippen LogP contribution is -2.39. The predicted molar refractivity (Wildman–Crippen MR) is 84.6 cm³/mol. The number of nitrogens with one attached hydrogen (secondary N) is 2. The molecule has 1 aromatic rings. The van der Waals surface area contributed by atoms with Gasteiger partial charge in [0.2, 0.25) is 5.91 Å². The van der Waals surface area contributed by atoms with Crippen LogP contribution >= 0.6 is 0 Å². The molecule has 1 unspecified atom stereocenters. The van der Waals surface area contributed by atoms with Gasteiger partial charge in [0.25, 0.3) is 0 Å². The van der Waals surface area contributed by atoms with Crippen LogP contribution in [-0.2, 0) is 4.79 Å². The molecule has 0 radical (unpaired) electrons. The van der Waals surface area contributed by atoms with E-state index in [-0.39, 0.29) is 11.9 Å². The summed E-state index contributed by atoms with van der Waals surface area (Å²) in [5.74, 6) is 0.562. The lowest BCUT2D eigenvalue weighted by molar-refractivity contribution is -0.121. The Kier molecular flexibility index (Phi) is 7.97. The van der Waals surface area contributed by atoms with Gasteiger partial charge < -0.3 is 10.6 Å². The van der Waals surface area contributed by atoms with E-state index in [1.165, 1.54) is 5.56 Å². The first kappa shape index (κ1) is 16.7. The van der Waals surface area contributed by atoms with Gasteiger partial charge in [0.15, 0.2) is 0 Å². The van der Waals surface area contributed by atoms with Crippen LogP contribution in [0.15, 0.2) is 30.3 Å². The van der Waals surface area contributed by atoms with Crippen molar-refractivity contribution >= 4 is 5.91 Å². The number of carbonyl (C=O) groups excluding carboxylic acids is 1. The van der Waals surface area contributed by atoms with Crippen LogP contribution in [0.2, 0.25) is 0 Å². The molecule has 0 aliphatic rings. The first-order chi connectivity index (χ1) is 9.72. The fraction of sp³-hybridized carbons (Fsp3) is 0.588. The fourth-order valence-electron chi connectivity index (χ4n) is 2.50. The van der Waals surface area contributed by atoms with Gasteiger partial charge in [0.1, 0.15) is 0 Å². The molecule has 1 aromatic carbocycles. The summed E-state index contributed by atoms with van der Waals surface area (Å²) in [7, 11) is 0. The smallest absolute Gasteiger partial charge is 0.234 e. The van der Waals surface area contributed by atoms with Crippen molar-refractivity contribution in [3.05, 3.63) is 35.9 Å². The second-order valence-electron chi connectivity index (χ2n) is 5.21. The molecule has 1 rings (SSSR count). The summed E-state index contributed by atoms with van der Waals surface area (Å²) in [5.41, 5.74) is 1.20. The maximum Gasteiger partial charge on any atom is 0.234 e. The third-order valence-corrected chi connectivity index (χ3v) is 3.71. The minimum atomic E-state index is 0.0826. The molecule has 20 heavy (non-hydrogen) atoms. The number of hydrogen-bond acceptors (Lipinski definition) is 2. The summed E-state index contributed by atoms with van der Waals surface area (Å²) in [4.78, 5) is 12.1. The van der Waals surface area contributed by atoms with Crippen LogP contribution in [0.3, 0.4) is 0 Å². The Balaban J connectivity index is 2.71. The van der Waals surface area contributed by atoms with Crippen molar-refractivity contribution in [3.8, 4) is 0 Å². The molecule has 112 valence electrons. The summed E-state index contributed by atoms with van der Waals surface area (Å²) in [6, 6.07) is 10.4. The molecule has 0 spiro atoms. The van der Waals surface area contributed by atoms with Crippen molar-refractivity contribution in [2.75, 3.05) is 13.1 Å². The average Bonchev–Trinajstić information content (AvgIpc) is 2.48. The van der Waals surface area contributed by atoms with E-state index in [0.29, 0.717) is 12.5 Å². The maximum atomic E-state index is 12.1. The van der Waals surface area contributed by atoms with E-state index in [1.807, 2.05) is 18.2 Å². The first-order valence-electron chi connectivity index (χ1n) is 7.77. The Bertz CT molecular complexity index is 374. The summed E-state index contributed by atoms with van der Waals surface area (Å²) in [5, 5.41) is 6.35. The average molecular weight is 276 g/mol. The van der Waals surface area contributed by atoms with E-state index in [9.17, 15) is 4.79 Å². The van der Waals surface area contributed by atoms with Crippen LogP contribution in [-0.4, -0.2) is 19.0 Å². The Morgan fingerprint density at radius 3 is 2.30 bits per heavy atom. The van der Waals surface area contributed by atoms with Crippen molar-refractivity contribution in [2.45, 2.75) is 46.1 Å². The summed E-state index contributed by atoms with van der Waals surface area (Å²) in [6.45, 7) is 7.75. The van der Waals surface area contributed by atoms with Crippen LogP contribution in [0.5, 0.6) is 0 Å². The molecule has 0 aromatic heterocycles. The number of hydrogen-bond donors (Lipinski definition) is 2. The Hall–Kier alpha value is -1.35. The standard InChI is InChI=1S/C17H28N2O/c1-4-12-18-13-16(20)19-17(14(5-2)6-3)15-10-8-7-9-11-15/h7-11,14,17-18H,4-6,12-13H2,1-3H3,(H,19,20). The van der Waals surface area contributed by atoms with Crippen LogP contribution in [0.25, 0.3) is 0 Å². The summed E-state index contributed by atoms with van der Waals surface area (Å²) in [6.07, 6.45) is 3.18. The van der Waals surface area contributed by atoms with Gasteiger partial charge >= 0.3 is 0 Å². The summed E-state index contributed by atoms with van der Waals surface area (Å²) < 4.78 is 0. The van der Waals surface area contributed by atoms with Gasteiger partial charge in [-0.1, -0.05) is 63.9 Å². The Morgan fingerprint density at radius 2 is 1.75 bits per heavy atom. The molecule has 3 heteroatoms. The molecule has 3 nitrogen and oxygen atoms in total. The van der Waals surface area contributed by atoms with Gasteiger partial charge in [-0.3, -0.25) is 4.79 Å². The zero-order valence-corrected chi connectivity index (χ0v) is 13.0. The molecule has 0 fully saturated rings. The minimum Gasteiger partial charge on any atom is -0.348 e. The van der Waals surface area contributed by atoms with Crippen LogP contribution in [0.4, 0.5) is 0 Å². The predicted octanol–water partition coefficient (Wildman–Crippen LogP) is 3.28. The minimum absolute atomic E-state index is 0.0826. The molecule has 1 amide bonds. The van der Waals surface area contributed by atoms with Crippen molar-refractivity contribution in [1.29, 1.82) is 0 Å². The van der Waals surface area contributed by atoms with E-state index < -0.39 is 0 Å². The number of rotatable bonds is 9. The molecular weight excluding hydrogens is 248 g/mol. The van der Waals surface area contributed by atoms with Gasteiger partial charge in [0.05, 0.1) is 12.6 Å². The highest BCUT2D eigenvalue weighted by atomic mass is 16.1. The normalized spacial score (nSPS) is 12.4. The van der Waals surface area contributed by atoms with Crippen molar-refractivity contribution in [1.82, 2.24) is 10.6 Å². The number of amides is 1. The Morgan fingerprint density at radius 1 is 1.10 bits per heavy atom. The zero-order valence-electron chi connectivity index (χ0n) is 13.0. The molecule has 0 bridgehead atoms. The van der Waals surface area contributed by atoms with Crippen molar-refractivity contribution in [2.24, 2.45) is 5.92 Å². The van der Waals surface area contributed by atoms with E-state index in [4.69, 9.17) is 0 Å². The third kappa shape index (κ3) is 5.33. The number of benzene rings is 1. The van der Waals surface area contributed by atoms with Crippen LogP contribution in [0, 0.1) is 5.92 Å². The number of carbonyl (C=O) groups is 1. The van der Waals surface area contributed by atoms with E-state index in [0.717, 1.165) is 25.8 Å². The molecule has 0 aliphatic heterocycles. The molecule has 0 aliphatic carbocycles. The molecule has 0 saturated heterocycles. The van der Waals surface area contributed by atoms with Gasteiger partial charge in [-0.2, -0.15) is 0 Å². The van der Waals surface area contributed by atoms with Crippen molar-refractivity contribution < 1.29 is 4.79 Å². The molecule has 0 saturated carbocycles. The zero-order chi connectivity index (χ0) is 14.8. The highest BCUT2D eigenvalue weighted by molar-refractivity contribution is 5.78. The van der Waals surface area contributed by atoms with Gasteiger partial charge in [0, 0.05) is 0 Å². The Labute approximate surface area is 123 Å². The monoisotopic (exact) mass is 276 g/mol. The highest BCUT2D eigenvalue weighted by Gasteiger charge is 2.21. The molecule has 0 heterocycles. The van der Waals surface area contributed by atoms with Crippen molar-refractivity contribution in [3.63, 3.8) is 0 Å². The first-order valence-corrected chi connectivity index (χ1v) is 7.77. The SMILES string of the molecule is CCCNCC(=O)NC(c1ccccc1)C(CC)CC. The van der Waals surface area contributed by atoms with Crippen LogP contribution in [0.1, 0.15) is 51.6 Å². The van der Waals surface area contributed by atoms with Gasteiger partial charge in [-0.15, -0.1) is 0 Å². The van der Waals surface area contributed by atoms with E-state index >= 15 is 0 Å². The molecular formula is C17H28N2O. The van der Waals surface area contributed by atoms with Crippen LogP contribution < -0.4 is 10.6 Å². The van der Waals surface area contributed by atoms with Gasteiger partial charge in [-0.25, -0.2) is 0 Å². The van der Waals surface area contributed by atoms with Gasteiger partial charge in [-0.05, 0) is 24.4 Å². The van der Waals surface area contributed by atoms with E-state index in [2.05, 4.69) is 43.5 Å². The second-order valence-corrected chi connectivity index (χ2v) is 5.21. The molecule has 1 atom stereocenters. The lowest BCUT2D eigenvalue weighted by Gasteiger charge is -2.27. The topological polar surface area (TPSA) is 41.1 Å². The highest BCUT2D eigenvalue weighted by Crippen LogP contribution is 2.27. The third-order valence-electron chi connectivity index (χ3n) is 3.71. The maximum absolute atomic E-state index is 12.1. The fourth-order valence-corrected chi connectivity index (χ4v) is 2.50.